The molecule has 3 unspecified atom stereocenters. The number of hydrogen-bond donors (Lipinski definition) is 0. The van der Waals surface area contributed by atoms with E-state index >= 15 is 0 Å². The van der Waals surface area contributed by atoms with Gasteiger partial charge in [-0.25, -0.2) is 17.6 Å². The van der Waals surface area contributed by atoms with Crippen LogP contribution in [0.3, 0.4) is 0 Å². The minimum Gasteiger partial charge on any atom is -0.461 e. The number of carbonyl (C=O) groups excluding carboxylic acids is 1. The number of urea groups is 1. The Morgan fingerprint density at radius 2 is 1.86 bits per heavy atom. The number of hydrogen-bond acceptors (Lipinski definition) is 8. The standard InChI is InChI=1S/C23H31FN4O6S/c1-16(24)33-20-5-3-17(4-6-20)18-13-19(22-25-21(26-34-22)7-10-32-2)15-28(14-18)23(29)27-8-11-35(30,31)12-9-27/h3-6,16,18-19H,7-15H2,1-2H3. The number of sulfone groups is 1. The second-order valence-electron chi connectivity index (χ2n) is 8.98. The summed E-state index contributed by atoms with van der Waals surface area (Å²) in [6.45, 7) is 3.01. The molecule has 3 atom stereocenters. The van der Waals surface area contributed by atoms with Crippen LogP contribution in [0.15, 0.2) is 28.8 Å². The molecular formula is C23H31FN4O6S. The van der Waals surface area contributed by atoms with Crippen LogP contribution in [0.2, 0.25) is 0 Å². The fourth-order valence-electron chi connectivity index (χ4n) is 4.51. The molecule has 35 heavy (non-hydrogen) atoms. The lowest BCUT2D eigenvalue weighted by Gasteiger charge is -2.40. The second kappa shape index (κ2) is 10.9. The number of alkyl halides is 1. The van der Waals surface area contributed by atoms with E-state index in [1.54, 1.807) is 29.0 Å². The van der Waals surface area contributed by atoms with Crippen molar-refractivity contribution < 1.29 is 31.6 Å². The Morgan fingerprint density at radius 1 is 1.17 bits per heavy atom. The van der Waals surface area contributed by atoms with Gasteiger partial charge < -0.3 is 23.8 Å². The number of carbonyl (C=O) groups is 1. The van der Waals surface area contributed by atoms with E-state index < -0.39 is 16.2 Å². The van der Waals surface area contributed by atoms with E-state index in [1.165, 1.54) is 6.92 Å². The molecule has 0 spiro atoms. The lowest BCUT2D eigenvalue weighted by Crippen LogP contribution is -2.53. The van der Waals surface area contributed by atoms with Crippen molar-refractivity contribution in [2.75, 3.05) is 51.4 Å². The molecule has 1 aromatic carbocycles. The molecule has 1 aromatic heterocycles. The van der Waals surface area contributed by atoms with Gasteiger partial charge in [0.25, 0.3) is 0 Å². The first-order valence-electron chi connectivity index (χ1n) is 11.7. The minimum atomic E-state index is -3.10. The molecule has 2 amide bonds. The number of piperidine rings is 1. The monoisotopic (exact) mass is 510 g/mol. The zero-order chi connectivity index (χ0) is 25.0. The smallest absolute Gasteiger partial charge is 0.320 e. The number of methoxy groups -OCH3 is 1. The first kappa shape index (κ1) is 25.4. The third-order valence-electron chi connectivity index (χ3n) is 6.35. The van der Waals surface area contributed by atoms with Gasteiger partial charge in [-0.2, -0.15) is 4.98 Å². The van der Waals surface area contributed by atoms with Gasteiger partial charge in [0.1, 0.15) is 5.75 Å². The summed E-state index contributed by atoms with van der Waals surface area (Å²) in [6, 6.07) is 6.98. The molecule has 4 rings (SSSR count). The highest BCUT2D eigenvalue weighted by Gasteiger charge is 2.37. The normalized spacial score (nSPS) is 23.2. The average Bonchev–Trinajstić information content (AvgIpc) is 3.31. The van der Waals surface area contributed by atoms with Gasteiger partial charge in [0, 0.05) is 52.6 Å². The maximum absolute atomic E-state index is 13.4. The Balaban J connectivity index is 1.54. The predicted octanol–water partition coefficient (Wildman–Crippen LogP) is 2.38. The van der Waals surface area contributed by atoms with Crippen LogP contribution in [0.5, 0.6) is 5.75 Å². The van der Waals surface area contributed by atoms with E-state index in [1.807, 2.05) is 12.1 Å². The summed E-state index contributed by atoms with van der Waals surface area (Å²) in [5, 5.41) is 4.04. The highest BCUT2D eigenvalue weighted by molar-refractivity contribution is 7.91. The van der Waals surface area contributed by atoms with Crippen molar-refractivity contribution in [1.29, 1.82) is 0 Å². The molecular weight excluding hydrogens is 479 g/mol. The summed E-state index contributed by atoms with van der Waals surface area (Å²) in [5.41, 5.74) is 0.978. The topological polar surface area (TPSA) is 115 Å². The van der Waals surface area contributed by atoms with E-state index in [2.05, 4.69) is 10.1 Å². The Morgan fingerprint density at radius 3 is 2.51 bits per heavy atom. The molecule has 0 radical (unpaired) electrons. The number of rotatable bonds is 7. The molecule has 0 saturated carbocycles. The SMILES string of the molecule is COCCc1noc(C2CC(c3ccc(OC(C)F)cc3)CN(C(=O)N3CCS(=O)(=O)CC3)C2)n1. The second-order valence-corrected chi connectivity index (χ2v) is 11.3. The first-order chi connectivity index (χ1) is 16.7. The summed E-state index contributed by atoms with van der Waals surface area (Å²) in [4.78, 5) is 21.2. The summed E-state index contributed by atoms with van der Waals surface area (Å²) in [5.74, 6) is 1.17. The van der Waals surface area contributed by atoms with E-state index in [0.717, 1.165) is 5.56 Å². The third-order valence-corrected chi connectivity index (χ3v) is 7.96. The van der Waals surface area contributed by atoms with Crippen molar-refractivity contribution in [2.24, 2.45) is 0 Å². The Hall–Kier alpha value is -2.73. The highest BCUT2D eigenvalue weighted by Crippen LogP contribution is 2.36. The quantitative estimate of drug-likeness (QED) is 0.558. The molecule has 2 fully saturated rings. The maximum Gasteiger partial charge on any atom is 0.320 e. The van der Waals surface area contributed by atoms with E-state index in [9.17, 15) is 17.6 Å². The minimum absolute atomic E-state index is 0.0274. The summed E-state index contributed by atoms with van der Waals surface area (Å²) >= 11 is 0. The first-order valence-corrected chi connectivity index (χ1v) is 13.5. The van der Waals surface area contributed by atoms with Gasteiger partial charge in [0.15, 0.2) is 15.7 Å². The fraction of sp³-hybridized carbons (Fsp3) is 0.609. The number of ether oxygens (including phenoxy) is 2. The third kappa shape index (κ3) is 6.49. The van der Waals surface area contributed by atoms with Crippen LogP contribution in [0.1, 0.15) is 42.5 Å². The van der Waals surface area contributed by atoms with Crippen molar-refractivity contribution in [3.05, 3.63) is 41.5 Å². The van der Waals surface area contributed by atoms with E-state index in [4.69, 9.17) is 14.0 Å². The summed E-state index contributed by atoms with van der Waals surface area (Å²) in [7, 11) is -1.50. The van der Waals surface area contributed by atoms with Crippen molar-refractivity contribution in [3.8, 4) is 5.75 Å². The van der Waals surface area contributed by atoms with Gasteiger partial charge in [0.2, 0.25) is 12.2 Å². The van der Waals surface area contributed by atoms with Crippen LogP contribution in [-0.4, -0.2) is 92.1 Å². The predicted molar refractivity (Wildman–Crippen MR) is 125 cm³/mol. The van der Waals surface area contributed by atoms with Crippen LogP contribution >= 0.6 is 0 Å². The molecule has 12 heteroatoms. The summed E-state index contributed by atoms with van der Waals surface area (Å²) in [6.07, 6.45) is -0.203. The Labute approximate surface area is 204 Å². The van der Waals surface area contributed by atoms with Gasteiger partial charge in [-0.3, -0.25) is 0 Å². The van der Waals surface area contributed by atoms with Gasteiger partial charge in [-0.15, -0.1) is 0 Å². The Bertz CT molecular complexity index is 1090. The van der Waals surface area contributed by atoms with E-state index in [0.29, 0.717) is 50.0 Å². The molecule has 0 N–H and O–H groups in total. The molecule has 0 aliphatic carbocycles. The number of amides is 2. The van der Waals surface area contributed by atoms with Crippen molar-refractivity contribution >= 4 is 15.9 Å². The zero-order valence-electron chi connectivity index (χ0n) is 19.9. The van der Waals surface area contributed by atoms with Crippen LogP contribution in [0, 0.1) is 0 Å². The molecule has 10 nitrogen and oxygen atoms in total. The molecule has 0 bridgehead atoms. The maximum atomic E-state index is 13.4. The lowest BCUT2D eigenvalue weighted by atomic mass is 9.84. The largest absolute Gasteiger partial charge is 0.461 e. The number of nitrogens with zero attached hydrogens (tertiary/aromatic N) is 4. The average molecular weight is 511 g/mol. The van der Waals surface area contributed by atoms with Crippen molar-refractivity contribution in [3.63, 3.8) is 0 Å². The number of aromatic nitrogens is 2. The molecule has 192 valence electrons. The molecule has 2 aliphatic heterocycles. The Kier molecular flexibility index (Phi) is 7.90. The molecule has 2 aromatic rings. The molecule has 2 aliphatic rings. The molecule has 2 saturated heterocycles. The van der Waals surface area contributed by atoms with Crippen LogP contribution < -0.4 is 4.74 Å². The zero-order valence-corrected chi connectivity index (χ0v) is 20.7. The highest BCUT2D eigenvalue weighted by atomic mass is 32.2. The molecule has 3 heterocycles. The van der Waals surface area contributed by atoms with Gasteiger partial charge in [-0.1, -0.05) is 17.3 Å². The van der Waals surface area contributed by atoms with Crippen LogP contribution in [0.25, 0.3) is 0 Å². The van der Waals surface area contributed by atoms with Gasteiger partial charge in [-0.05, 0) is 24.1 Å². The van der Waals surface area contributed by atoms with Crippen LogP contribution in [-0.2, 0) is 21.0 Å². The lowest BCUT2D eigenvalue weighted by molar-refractivity contribution is 0.0859. The summed E-state index contributed by atoms with van der Waals surface area (Å²) < 4.78 is 52.6. The van der Waals surface area contributed by atoms with Gasteiger partial charge >= 0.3 is 6.03 Å². The van der Waals surface area contributed by atoms with Crippen molar-refractivity contribution in [1.82, 2.24) is 19.9 Å². The number of likely N-dealkylation sites (tertiary alicyclic amines) is 1. The van der Waals surface area contributed by atoms with Gasteiger partial charge in [0.05, 0.1) is 24.0 Å². The number of benzene rings is 1. The van der Waals surface area contributed by atoms with E-state index in [-0.39, 0.29) is 42.5 Å². The fourth-order valence-corrected chi connectivity index (χ4v) is 5.71. The van der Waals surface area contributed by atoms with Crippen LogP contribution in [0.4, 0.5) is 9.18 Å². The number of halogens is 1. The van der Waals surface area contributed by atoms with Crippen molar-refractivity contribution in [2.45, 2.75) is 38.0 Å².